The first-order valence-electron chi connectivity index (χ1n) is 10.5. The maximum absolute atomic E-state index is 11.7. The molecule has 2 aliphatic heterocycles. The molecule has 0 aliphatic carbocycles. The monoisotopic (exact) mass is 455 g/mol. The van der Waals surface area contributed by atoms with Gasteiger partial charge in [-0.2, -0.15) is 5.10 Å². The van der Waals surface area contributed by atoms with E-state index in [9.17, 15) is 13.5 Å². The lowest BCUT2D eigenvalue weighted by Gasteiger charge is -2.38. The molecular formula is C23H25N3O5S. The van der Waals surface area contributed by atoms with Crippen LogP contribution in [0.25, 0.3) is 11.1 Å². The molecule has 2 N–H and O–H groups in total. The van der Waals surface area contributed by atoms with Crippen molar-refractivity contribution in [2.24, 2.45) is 0 Å². The SMILES string of the molecule is CS(=O)(=O)c1ccc(CN[C@H]2[C@H](O)[C@@H](n3cc(-c4ccccc4)cn3)[C@@H]3OC[C@H]2O3)cc1. The minimum Gasteiger partial charge on any atom is -0.389 e. The van der Waals surface area contributed by atoms with Crippen molar-refractivity contribution >= 4 is 9.84 Å². The highest BCUT2D eigenvalue weighted by molar-refractivity contribution is 7.90. The van der Waals surface area contributed by atoms with E-state index in [-0.39, 0.29) is 17.0 Å². The van der Waals surface area contributed by atoms with Crippen LogP contribution < -0.4 is 5.32 Å². The smallest absolute Gasteiger partial charge is 0.183 e. The average Bonchev–Trinajstić information content (AvgIpc) is 3.43. The third-order valence-electron chi connectivity index (χ3n) is 6.04. The van der Waals surface area contributed by atoms with Crippen LogP contribution in [0.2, 0.25) is 0 Å². The normalized spacial score (nSPS) is 27.5. The number of aliphatic hydroxyl groups excluding tert-OH is 1. The number of fused-ring (bicyclic) bond motifs is 2. The zero-order valence-corrected chi connectivity index (χ0v) is 18.4. The predicted octanol–water partition coefficient (Wildman–Crippen LogP) is 1.77. The number of nitrogens with zero attached hydrogens (tertiary/aromatic N) is 2. The second-order valence-corrected chi connectivity index (χ2v) is 10.3. The second kappa shape index (κ2) is 8.42. The van der Waals surface area contributed by atoms with Gasteiger partial charge in [0.05, 0.1) is 29.8 Å². The largest absolute Gasteiger partial charge is 0.389 e. The van der Waals surface area contributed by atoms with Gasteiger partial charge in [0.25, 0.3) is 0 Å². The van der Waals surface area contributed by atoms with E-state index < -0.39 is 28.3 Å². The lowest BCUT2D eigenvalue weighted by atomic mass is 9.96. The summed E-state index contributed by atoms with van der Waals surface area (Å²) in [5, 5.41) is 19.1. The molecule has 0 spiro atoms. The number of hydrogen-bond donors (Lipinski definition) is 2. The molecule has 8 nitrogen and oxygen atoms in total. The molecule has 32 heavy (non-hydrogen) atoms. The Hall–Kier alpha value is -2.56. The first-order valence-corrected chi connectivity index (χ1v) is 12.4. The molecule has 9 heteroatoms. The van der Waals surface area contributed by atoms with E-state index in [1.54, 1.807) is 35.1 Å². The minimum absolute atomic E-state index is 0.273. The van der Waals surface area contributed by atoms with Gasteiger partial charge in [-0.25, -0.2) is 8.42 Å². The highest BCUT2D eigenvalue weighted by Gasteiger charge is 2.51. The Morgan fingerprint density at radius 1 is 1.12 bits per heavy atom. The Bertz CT molecular complexity index is 1180. The van der Waals surface area contributed by atoms with Crippen LogP contribution in [0.3, 0.4) is 0 Å². The number of nitrogens with one attached hydrogen (secondary N) is 1. The summed E-state index contributed by atoms with van der Waals surface area (Å²) in [5.41, 5.74) is 2.91. The van der Waals surface area contributed by atoms with Gasteiger partial charge in [0.1, 0.15) is 12.1 Å². The summed E-state index contributed by atoms with van der Waals surface area (Å²) in [7, 11) is -3.23. The number of ether oxygens (including phenoxy) is 2. The molecule has 2 aromatic carbocycles. The number of sulfone groups is 1. The third-order valence-corrected chi connectivity index (χ3v) is 7.17. The van der Waals surface area contributed by atoms with Gasteiger partial charge in [0.2, 0.25) is 0 Å². The molecule has 2 fully saturated rings. The van der Waals surface area contributed by atoms with E-state index in [0.29, 0.717) is 13.2 Å². The van der Waals surface area contributed by atoms with E-state index in [1.165, 1.54) is 6.26 Å². The second-order valence-electron chi connectivity index (χ2n) is 8.26. The van der Waals surface area contributed by atoms with Gasteiger partial charge in [0.15, 0.2) is 16.1 Å². The Kier molecular flexibility index (Phi) is 5.60. The lowest BCUT2D eigenvalue weighted by molar-refractivity contribution is -0.168. The summed E-state index contributed by atoms with van der Waals surface area (Å²) in [5.74, 6) is 0. The van der Waals surface area contributed by atoms with Crippen LogP contribution in [0.1, 0.15) is 11.6 Å². The molecular weight excluding hydrogens is 430 g/mol. The summed E-state index contributed by atoms with van der Waals surface area (Å²) < 4.78 is 36.9. The van der Waals surface area contributed by atoms with E-state index in [0.717, 1.165) is 16.7 Å². The summed E-state index contributed by atoms with van der Waals surface area (Å²) >= 11 is 0. The lowest BCUT2D eigenvalue weighted by Crippen LogP contribution is -2.57. The molecule has 1 aromatic heterocycles. The van der Waals surface area contributed by atoms with Crippen LogP contribution in [0, 0.1) is 0 Å². The molecule has 2 bridgehead atoms. The quantitative estimate of drug-likeness (QED) is 0.584. The standard InChI is InChI=1S/C23H25N3O5S/c1-32(28,29)18-9-7-15(8-10-18)11-24-20-19-14-30-23(31-19)21(22(20)27)26-13-17(12-25-26)16-5-3-2-4-6-16/h2-10,12-13,19-24,27H,11,14H2,1H3/t19-,20-,21-,22+,23-/m1/s1. The summed E-state index contributed by atoms with van der Waals surface area (Å²) in [6.45, 7) is 0.840. The molecule has 2 aliphatic rings. The first kappa shape index (κ1) is 21.3. The fourth-order valence-corrected chi connectivity index (χ4v) is 4.94. The van der Waals surface area contributed by atoms with Crippen molar-refractivity contribution in [3.63, 3.8) is 0 Å². The van der Waals surface area contributed by atoms with E-state index in [1.807, 2.05) is 36.5 Å². The van der Waals surface area contributed by atoms with Gasteiger partial charge >= 0.3 is 0 Å². The van der Waals surface area contributed by atoms with Crippen molar-refractivity contribution in [3.8, 4) is 11.1 Å². The fraction of sp³-hybridized carbons (Fsp3) is 0.348. The van der Waals surface area contributed by atoms with Gasteiger partial charge in [-0.1, -0.05) is 42.5 Å². The van der Waals surface area contributed by atoms with Gasteiger partial charge in [-0.05, 0) is 23.3 Å². The third kappa shape index (κ3) is 4.10. The van der Waals surface area contributed by atoms with Crippen LogP contribution >= 0.6 is 0 Å². The number of aromatic nitrogens is 2. The van der Waals surface area contributed by atoms with Crippen LogP contribution in [-0.2, 0) is 25.9 Å². The predicted molar refractivity (Wildman–Crippen MR) is 117 cm³/mol. The maximum Gasteiger partial charge on any atom is 0.183 e. The molecule has 5 rings (SSSR count). The van der Waals surface area contributed by atoms with Crippen molar-refractivity contribution < 1.29 is 23.0 Å². The molecule has 0 radical (unpaired) electrons. The van der Waals surface area contributed by atoms with E-state index >= 15 is 0 Å². The Labute approximate surface area is 186 Å². The molecule has 0 unspecified atom stereocenters. The van der Waals surface area contributed by atoms with Gasteiger partial charge in [-0.15, -0.1) is 0 Å². The fourth-order valence-electron chi connectivity index (χ4n) is 4.31. The Morgan fingerprint density at radius 2 is 1.88 bits per heavy atom. The molecule has 3 aromatic rings. The van der Waals surface area contributed by atoms with Gasteiger partial charge < -0.3 is 19.9 Å². The number of aliphatic hydroxyl groups is 1. The summed E-state index contributed by atoms with van der Waals surface area (Å²) in [6.07, 6.45) is 3.24. The van der Waals surface area contributed by atoms with Crippen molar-refractivity contribution in [3.05, 3.63) is 72.6 Å². The molecule has 5 atom stereocenters. The summed E-state index contributed by atoms with van der Waals surface area (Å²) in [4.78, 5) is 0.280. The zero-order chi connectivity index (χ0) is 22.3. The van der Waals surface area contributed by atoms with Crippen molar-refractivity contribution in [1.29, 1.82) is 0 Å². The molecule has 2 saturated heterocycles. The molecule has 0 saturated carbocycles. The maximum atomic E-state index is 11.7. The number of benzene rings is 2. The van der Waals surface area contributed by atoms with Gasteiger partial charge in [0, 0.05) is 24.6 Å². The van der Waals surface area contributed by atoms with Crippen LogP contribution in [0.5, 0.6) is 0 Å². The van der Waals surface area contributed by atoms with Crippen LogP contribution in [0.4, 0.5) is 0 Å². The van der Waals surface area contributed by atoms with Crippen molar-refractivity contribution in [2.75, 3.05) is 12.9 Å². The number of rotatable bonds is 6. The van der Waals surface area contributed by atoms with Crippen molar-refractivity contribution in [2.45, 2.75) is 42.0 Å². The summed E-state index contributed by atoms with van der Waals surface area (Å²) in [6, 6.07) is 15.8. The van der Waals surface area contributed by atoms with Crippen molar-refractivity contribution in [1.82, 2.24) is 15.1 Å². The highest BCUT2D eigenvalue weighted by atomic mass is 32.2. The van der Waals surface area contributed by atoms with Crippen LogP contribution in [0.15, 0.2) is 71.9 Å². The Balaban J connectivity index is 1.32. The minimum atomic E-state index is -3.23. The average molecular weight is 456 g/mol. The topological polar surface area (TPSA) is 103 Å². The zero-order valence-electron chi connectivity index (χ0n) is 17.5. The highest BCUT2D eigenvalue weighted by Crippen LogP contribution is 2.36. The molecule has 3 heterocycles. The molecule has 0 amide bonds. The Morgan fingerprint density at radius 3 is 2.59 bits per heavy atom. The number of hydrogen-bond acceptors (Lipinski definition) is 7. The first-order chi connectivity index (χ1) is 15.4. The van der Waals surface area contributed by atoms with Crippen LogP contribution in [-0.4, -0.2) is 60.7 Å². The van der Waals surface area contributed by atoms with Gasteiger partial charge in [-0.3, -0.25) is 4.68 Å². The molecule has 168 valence electrons. The van der Waals surface area contributed by atoms with E-state index in [2.05, 4.69) is 10.4 Å². The van der Waals surface area contributed by atoms with E-state index in [4.69, 9.17) is 9.47 Å².